The van der Waals surface area contributed by atoms with Crippen LogP contribution in [0.25, 0.3) is 22.0 Å². The summed E-state index contributed by atoms with van der Waals surface area (Å²) in [6, 6.07) is 13.0. The number of anilines is 1. The fourth-order valence-electron chi connectivity index (χ4n) is 3.63. The van der Waals surface area contributed by atoms with Crippen molar-refractivity contribution < 1.29 is 14.3 Å². The van der Waals surface area contributed by atoms with E-state index in [-0.39, 0.29) is 5.91 Å². The Morgan fingerprint density at radius 2 is 1.74 bits per heavy atom. The summed E-state index contributed by atoms with van der Waals surface area (Å²) in [5.74, 6) is 1.17. The average molecular weight is 454 g/mol. The largest absolute Gasteiger partial charge is 0.495 e. The smallest absolute Gasteiger partial charge is 0.256 e. The summed E-state index contributed by atoms with van der Waals surface area (Å²) in [4.78, 5) is 12.6. The zero-order valence-electron chi connectivity index (χ0n) is 16.7. The topological polar surface area (TPSA) is 76.2 Å². The van der Waals surface area contributed by atoms with Crippen LogP contribution in [0.1, 0.15) is 21.5 Å². The number of fused-ring (bicyclic) bond motifs is 2. The Balaban J connectivity index is 1.51. The molecule has 0 unspecified atom stereocenters. The lowest BCUT2D eigenvalue weighted by Gasteiger charge is -2.14. The number of rotatable bonds is 5. The van der Waals surface area contributed by atoms with Crippen molar-refractivity contribution in [3.63, 3.8) is 0 Å². The van der Waals surface area contributed by atoms with Crippen LogP contribution in [0.2, 0.25) is 10.0 Å². The molecular weight excluding hydrogens is 437 g/mol. The second-order valence-corrected chi connectivity index (χ2v) is 7.99. The predicted molar refractivity (Wildman–Crippen MR) is 122 cm³/mol. The third-order valence-electron chi connectivity index (χ3n) is 5.38. The molecule has 156 valence electrons. The zero-order valence-corrected chi connectivity index (χ0v) is 18.2. The summed E-state index contributed by atoms with van der Waals surface area (Å²) in [5.41, 5.74) is 5.19. The highest BCUT2D eigenvalue weighted by molar-refractivity contribution is 6.41. The third-order valence-corrected chi connectivity index (χ3v) is 6.13. The standard InChI is InChI=1S/C23H17Cl2N3O3/c1-30-17-10-18(31-2)21(25)19(20(17)24)12-5-6-15-16(9-12)27-28-22(15)26-23(29)13-4-3-11-7-14(11)8-13/h3-6,8-10H,7H2,1-2H3,(H2,26,27,28,29). The molecule has 3 aromatic carbocycles. The van der Waals surface area contributed by atoms with Crippen molar-refractivity contribution in [3.8, 4) is 22.6 Å². The van der Waals surface area contributed by atoms with Gasteiger partial charge in [-0.2, -0.15) is 5.10 Å². The van der Waals surface area contributed by atoms with Crippen LogP contribution >= 0.6 is 23.2 Å². The molecule has 0 radical (unpaired) electrons. The van der Waals surface area contributed by atoms with Crippen LogP contribution in [-0.2, 0) is 6.42 Å². The van der Waals surface area contributed by atoms with E-state index in [4.69, 9.17) is 32.7 Å². The van der Waals surface area contributed by atoms with Crippen molar-refractivity contribution in [2.75, 3.05) is 19.5 Å². The maximum absolute atomic E-state index is 12.6. The summed E-state index contributed by atoms with van der Waals surface area (Å²) >= 11 is 13.1. The highest BCUT2D eigenvalue weighted by Gasteiger charge is 2.21. The van der Waals surface area contributed by atoms with Crippen molar-refractivity contribution in [1.82, 2.24) is 10.2 Å². The van der Waals surface area contributed by atoms with Crippen molar-refractivity contribution >= 4 is 45.8 Å². The van der Waals surface area contributed by atoms with E-state index < -0.39 is 0 Å². The number of hydrogen-bond acceptors (Lipinski definition) is 4. The van der Waals surface area contributed by atoms with Gasteiger partial charge in [0.25, 0.3) is 5.91 Å². The van der Waals surface area contributed by atoms with E-state index in [2.05, 4.69) is 15.5 Å². The summed E-state index contributed by atoms with van der Waals surface area (Å²) in [7, 11) is 3.06. The molecule has 0 fully saturated rings. The number of amides is 1. The van der Waals surface area contributed by atoms with Crippen molar-refractivity contribution in [2.45, 2.75) is 6.42 Å². The van der Waals surface area contributed by atoms with Gasteiger partial charge in [0.2, 0.25) is 0 Å². The number of halogens is 2. The summed E-state index contributed by atoms with van der Waals surface area (Å²) in [6.45, 7) is 0. The van der Waals surface area contributed by atoms with Crippen LogP contribution in [0, 0.1) is 0 Å². The lowest BCUT2D eigenvalue weighted by molar-refractivity contribution is 0.102. The van der Waals surface area contributed by atoms with Gasteiger partial charge in [0.1, 0.15) is 11.5 Å². The second-order valence-electron chi connectivity index (χ2n) is 7.23. The first-order valence-corrected chi connectivity index (χ1v) is 10.3. The first kappa shape index (κ1) is 19.7. The summed E-state index contributed by atoms with van der Waals surface area (Å²) in [5, 5.41) is 11.6. The molecule has 31 heavy (non-hydrogen) atoms. The molecule has 4 aromatic rings. The van der Waals surface area contributed by atoms with Gasteiger partial charge in [-0.15, -0.1) is 0 Å². The minimum absolute atomic E-state index is 0.198. The van der Waals surface area contributed by atoms with Crippen molar-refractivity contribution in [2.24, 2.45) is 0 Å². The second kappa shape index (κ2) is 7.48. The number of benzene rings is 3. The number of ether oxygens (including phenoxy) is 2. The van der Waals surface area contributed by atoms with Crippen LogP contribution in [-0.4, -0.2) is 30.3 Å². The Hall–Kier alpha value is -3.22. The maximum atomic E-state index is 12.6. The molecule has 0 atom stereocenters. The van der Waals surface area contributed by atoms with Gasteiger partial charge >= 0.3 is 0 Å². The number of nitrogens with zero attached hydrogens (tertiary/aromatic N) is 1. The van der Waals surface area contributed by atoms with Gasteiger partial charge < -0.3 is 14.8 Å². The first-order valence-electron chi connectivity index (χ1n) is 9.51. The Bertz CT molecular complexity index is 1340. The van der Waals surface area contributed by atoms with E-state index in [1.54, 1.807) is 6.07 Å². The third kappa shape index (κ3) is 3.38. The fraction of sp³-hybridized carbons (Fsp3) is 0.130. The van der Waals surface area contributed by atoms with Crippen LogP contribution < -0.4 is 14.8 Å². The molecule has 6 nitrogen and oxygen atoms in total. The molecule has 8 heteroatoms. The molecule has 0 bridgehead atoms. The monoisotopic (exact) mass is 453 g/mol. The van der Waals surface area contributed by atoms with E-state index in [9.17, 15) is 4.79 Å². The number of methoxy groups -OCH3 is 2. The molecule has 1 heterocycles. The molecule has 5 rings (SSSR count). The molecule has 1 aromatic heterocycles. The molecule has 1 aliphatic rings. The molecule has 1 aliphatic carbocycles. The average Bonchev–Trinajstić information content (AvgIpc) is 3.46. The number of carbonyl (C=O) groups excluding carboxylic acids is 1. The first-order chi connectivity index (χ1) is 15.0. The van der Waals surface area contributed by atoms with Gasteiger partial charge in [-0.05, 0) is 47.4 Å². The van der Waals surface area contributed by atoms with E-state index >= 15 is 0 Å². The van der Waals surface area contributed by atoms with E-state index in [0.29, 0.717) is 38.5 Å². The van der Waals surface area contributed by atoms with E-state index in [0.717, 1.165) is 22.9 Å². The van der Waals surface area contributed by atoms with Crippen LogP contribution in [0.4, 0.5) is 5.82 Å². The number of H-pyrrole nitrogens is 1. The minimum atomic E-state index is -0.198. The van der Waals surface area contributed by atoms with Gasteiger partial charge in [-0.25, -0.2) is 0 Å². The summed E-state index contributed by atoms with van der Waals surface area (Å²) in [6.07, 6.45) is 0.960. The molecular formula is C23H17Cl2N3O3. The number of nitrogens with one attached hydrogen (secondary N) is 2. The quantitative estimate of drug-likeness (QED) is 0.357. The normalized spacial score (nSPS) is 11.9. The Labute approximate surface area is 188 Å². The number of carbonyl (C=O) groups is 1. The molecule has 0 saturated heterocycles. The van der Waals surface area contributed by atoms with Crippen LogP contribution in [0.5, 0.6) is 11.5 Å². The Kier molecular flexibility index (Phi) is 4.76. The van der Waals surface area contributed by atoms with Crippen LogP contribution in [0.15, 0.2) is 42.5 Å². The van der Waals surface area contributed by atoms with Gasteiger partial charge in [-0.3, -0.25) is 9.89 Å². The SMILES string of the molecule is COc1cc(OC)c(Cl)c(-c2ccc3c(NC(=O)c4ccc5c(c4)C5)n[nH]c3c2)c1Cl. The fourth-order valence-corrected chi connectivity index (χ4v) is 4.35. The molecule has 2 N–H and O–H groups in total. The summed E-state index contributed by atoms with van der Waals surface area (Å²) < 4.78 is 10.7. The van der Waals surface area contributed by atoms with Gasteiger partial charge in [-0.1, -0.05) is 35.3 Å². The maximum Gasteiger partial charge on any atom is 0.256 e. The lowest BCUT2D eigenvalue weighted by atomic mass is 10.0. The van der Waals surface area contributed by atoms with Crippen molar-refractivity contribution in [1.29, 1.82) is 0 Å². The Morgan fingerprint density at radius 3 is 2.42 bits per heavy atom. The van der Waals surface area contributed by atoms with Gasteiger partial charge in [0.05, 0.1) is 29.8 Å². The number of hydrogen-bond donors (Lipinski definition) is 2. The van der Waals surface area contributed by atoms with E-state index in [1.165, 1.54) is 25.3 Å². The molecule has 1 amide bonds. The van der Waals surface area contributed by atoms with Crippen molar-refractivity contribution in [3.05, 3.63) is 69.2 Å². The lowest BCUT2D eigenvalue weighted by Crippen LogP contribution is -2.12. The highest BCUT2D eigenvalue weighted by Crippen LogP contribution is 2.46. The zero-order chi connectivity index (χ0) is 21.7. The van der Waals surface area contributed by atoms with E-state index in [1.807, 2.05) is 36.4 Å². The predicted octanol–water partition coefficient (Wildman–Crippen LogP) is 5.71. The minimum Gasteiger partial charge on any atom is -0.495 e. The molecule has 0 spiro atoms. The molecule has 0 saturated carbocycles. The number of aromatic nitrogens is 2. The van der Waals surface area contributed by atoms with Crippen LogP contribution in [0.3, 0.4) is 0 Å². The van der Waals surface area contributed by atoms with Gasteiger partial charge in [0, 0.05) is 22.6 Å². The highest BCUT2D eigenvalue weighted by atomic mass is 35.5. The van der Waals surface area contributed by atoms with Gasteiger partial charge in [0.15, 0.2) is 5.82 Å². The number of aromatic amines is 1. The Morgan fingerprint density at radius 1 is 1.00 bits per heavy atom. The molecule has 0 aliphatic heterocycles.